The summed E-state index contributed by atoms with van der Waals surface area (Å²) in [6, 6.07) is 0.620. The number of aliphatic hydroxyl groups excluding tert-OH is 1. The lowest BCUT2D eigenvalue weighted by Crippen LogP contribution is -2.51. The van der Waals surface area contributed by atoms with Gasteiger partial charge in [-0.25, -0.2) is 0 Å². The summed E-state index contributed by atoms with van der Waals surface area (Å²) in [6.45, 7) is 10.2. The highest BCUT2D eigenvalue weighted by molar-refractivity contribution is 4.91. The van der Waals surface area contributed by atoms with Gasteiger partial charge in [0.25, 0.3) is 0 Å². The minimum atomic E-state index is -0.125. The SMILES string of the molecule is CNC1CCC(C)(C)CC1CN(C)C(C)(C)CO. The molecule has 2 atom stereocenters. The normalized spacial score (nSPS) is 28.7. The quantitative estimate of drug-likeness (QED) is 0.791. The second kappa shape index (κ2) is 5.89. The van der Waals surface area contributed by atoms with Crippen LogP contribution in [0.15, 0.2) is 0 Å². The zero-order valence-electron chi connectivity index (χ0n) is 13.1. The first-order chi connectivity index (χ1) is 8.22. The molecule has 3 nitrogen and oxygen atoms in total. The van der Waals surface area contributed by atoms with E-state index in [4.69, 9.17) is 0 Å². The van der Waals surface area contributed by atoms with Crippen molar-refractivity contribution in [3.05, 3.63) is 0 Å². The van der Waals surface area contributed by atoms with Crippen LogP contribution >= 0.6 is 0 Å². The number of hydrogen-bond donors (Lipinski definition) is 2. The van der Waals surface area contributed by atoms with Gasteiger partial charge < -0.3 is 10.4 Å². The third-order valence-electron chi connectivity index (χ3n) is 4.82. The molecule has 2 unspecified atom stereocenters. The van der Waals surface area contributed by atoms with Gasteiger partial charge in [0, 0.05) is 18.1 Å². The topological polar surface area (TPSA) is 35.5 Å². The van der Waals surface area contributed by atoms with E-state index in [2.05, 4.69) is 52.0 Å². The molecule has 0 aromatic carbocycles. The average Bonchev–Trinajstić information content (AvgIpc) is 2.28. The molecular formula is C15H32N2O. The van der Waals surface area contributed by atoms with Crippen LogP contribution in [0.5, 0.6) is 0 Å². The molecule has 1 aliphatic rings. The fraction of sp³-hybridized carbons (Fsp3) is 1.00. The molecule has 1 aliphatic carbocycles. The maximum atomic E-state index is 9.46. The van der Waals surface area contributed by atoms with Crippen LogP contribution in [0.2, 0.25) is 0 Å². The monoisotopic (exact) mass is 256 g/mol. The van der Waals surface area contributed by atoms with E-state index >= 15 is 0 Å². The van der Waals surface area contributed by atoms with Gasteiger partial charge >= 0.3 is 0 Å². The number of aliphatic hydroxyl groups is 1. The highest BCUT2D eigenvalue weighted by Gasteiger charge is 2.36. The lowest BCUT2D eigenvalue weighted by atomic mass is 9.69. The molecule has 1 rings (SSSR count). The Morgan fingerprint density at radius 3 is 2.50 bits per heavy atom. The summed E-state index contributed by atoms with van der Waals surface area (Å²) < 4.78 is 0. The van der Waals surface area contributed by atoms with Crippen molar-refractivity contribution in [2.24, 2.45) is 11.3 Å². The van der Waals surface area contributed by atoms with Gasteiger partial charge in [-0.3, -0.25) is 4.90 Å². The predicted molar refractivity (Wildman–Crippen MR) is 77.8 cm³/mol. The zero-order valence-corrected chi connectivity index (χ0v) is 13.1. The standard InChI is InChI=1S/C15H32N2O/c1-14(2)8-7-13(16-5)12(9-14)10-17(6)15(3,4)11-18/h12-13,16,18H,7-11H2,1-6H3. The van der Waals surface area contributed by atoms with Gasteiger partial charge in [0.1, 0.15) is 0 Å². The van der Waals surface area contributed by atoms with Crippen LogP contribution in [0.3, 0.4) is 0 Å². The molecular weight excluding hydrogens is 224 g/mol. The molecule has 1 saturated carbocycles. The van der Waals surface area contributed by atoms with Gasteiger partial charge in [0.05, 0.1) is 6.61 Å². The third kappa shape index (κ3) is 3.94. The molecule has 0 aliphatic heterocycles. The molecule has 0 spiro atoms. The summed E-state index contributed by atoms with van der Waals surface area (Å²) >= 11 is 0. The molecule has 1 fully saturated rings. The molecule has 3 heteroatoms. The Labute approximate surface area is 113 Å². The van der Waals surface area contributed by atoms with Crippen LogP contribution in [0.1, 0.15) is 47.0 Å². The fourth-order valence-corrected chi connectivity index (χ4v) is 3.03. The fourth-order valence-electron chi connectivity index (χ4n) is 3.03. The Hall–Kier alpha value is -0.120. The van der Waals surface area contributed by atoms with E-state index in [9.17, 15) is 5.11 Å². The van der Waals surface area contributed by atoms with Crippen molar-refractivity contribution in [3.63, 3.8) is 0 Å². The minimum absolute atomic E-state index is 0.125. The summed E-state index contributed by atoms with van der Waals surface area (Å²) in [7, 11) is 4.21. The van der Waals surface area contributed by atoms with Crippen LogP contribution in [-0.2, 0) is 0 Å². The van der Waals surface area contributed by atoms with Gasteiger partial charge in [-0.15, -0.1) is 0 Å². The van der Waals surface area contributed by atoms with Crippen molar-refractivity contribution in [1.29, 1.82) is 0 Å². The maximum Gasteiger partial charge on any atom is 0.0609 e. The number of nitrogens with zero attached hydrogens (tertiary/aromatic N) is 1. The van der Waals surface area contributed by atoms with Crippen LogP contribution in [0.4, 0.5) is 0 Å². The van der Waals surface area contributed by atoms with Gasteiger partial charge in [-0.1, -0.05) is 13.8 Å². The largest absolute Gasteiger partial charge is 0.394 e. The first kappa shape index (κ1) is 15.9. The summed E-state index contributed by atoms with van der Waals surface area (Å²) in [5.74, 6) is 0.676. The molecule has 0 radical (unpaired) electrons. The second-order valence-corrected chi connectivity index (χ2v) is 7.41. The molecule has 0 amide bonds. The molecule has 108 valence electrons. The maximum absolute atomic E-state index is 9.46. The Bertz CT molecular complexity index is 263. The average molecular weight is 256 g/mol. The zero-order chi connectivity index (χ0) is 14.0. The van der Waals surface area contributed by atoms with E-state index in [0.29, 0.717) is 17.4 Å². The first-order valence-corrected chi connectivity index (χ1v) is 7.21. The van der Waals surface area contributed by atoms with Crippen LogP contribution < -0.4 is 5.32 Å². The molecule has 2 N–H and O–H groups in total. The van der Waals surface area contributed by atoms with E-state index in [1.165, 1.54) is 19.3 Å². The minimum Gasteiger partial charge on any atom is -0.394 e. The van der Waals surface area contributed by atoms with Crippen LogP contribution in [0.25, 0.3) is 0 Å². The van der Waals surface area contributed by atoms with Gasteiger partial charge in [-0.05, 0) is 58.5 Å². The van der Waals surface area contributed by atoms with Crippen LogP contribution in [-0.4, -0.2) is 48.8 Å². The number of nitrogens with one attached hydrogen (secondary N) is 1. The van der Waals surface area contributed by atoms with Crippen molar-refractivity contribution in [2.45, 2.75) is 58.5 Å². The Morgan fingerprint density at radius 2 is 2.00 bits per heavy atom. The molecule has 0 saturated heterocycles. The highest BCUT2D eigenvalue weighted by atomic mass is 16.3. The predicted octanol–water partition coefficient (Wildman–Crippen LogP) is 2.10. The summed E-state index contributed by atoms with van der Waals surface area (Å²) in [5.41, 5.74) is 0.335. The molecule has 0 bridgehead atoms. The molecule has 0 aromatic rings. The van der Waals surface area contributed by atoms with Gasteiger partial charge in [0.2, 0.25) is 0 Å². The van der Waals surface area contributed by atoms with E-state index in [0.717, 1.165) is 6.54 Å². The molecule has 0 aromatic heterocycles. The molecule has 18 heavy (non-hydrogen) atoms. The van der Waals surface area contributed by atoms with Gasteiger partial charge in [0.15, 0.2) is 0 Å². The Morgan fingerprint density at radius 1 is 1.39 bits per heavy atom. The van der Waals surface area contributed by atoms with Crippen molar-refractivity contribution >= 4 is 0 Å². The third-order valence-corrected chi connectivity index (χ3v) is 4.82. The van der Waals surface area contributed by atoms with E-state index in [-0.39, 0.29) is 12.1 Å². The number of likely N-dealkylation sites (N-methyl/N-ethyl adjacent to an activating group) is 1. The summed E-state index contributed by atoms with van der Waals surface area (Å²) in [5, 5.41) is 12.9. The van der Waals surface area contributed by atoms with Crippen molar-refractivity contribution in [2.75, 3.05) is 27.2 Å². The summed E-state index contributed by atoms with van der Waals surface area (Å²) in [6.07, 6.45) is 3.84. The van der Waals surface area contributed by atoms with Crippen molar-refractivity contribution in [1.82, 2.24) is 10.2 Å². The number of hydrogen-bond acceptors (Lipinski definition) is 3. The Balaban J connectivity index is 2.67. The second-order valence-electron chi connectivity index (χ2n) is 7.41. The van der Waals surface area contributed by atoms with E-state index in [1.807, 2.05) is 0 Å². The lowest BCUT2D eigenvalue weighted by Gasteiger charge is -2.44. The smallest absolute Gasteiger partial charge is 0.0609 e. The van der Waals surface area contributed by atoms with E-state index in [1.54, 1.807) is 0 Å². The first-order valence-electron chi connectivity index (χ1n) is 7.21. The van der Waals surface area contributed by atoms with Gasteiger partial charge in [-0.2, -0.15) is 0 Å². The summed E-state index contributed by atoms with van der Waals surface area (Å²) in [4.78, 5) is 2.31. The van der Waals surface area contributed by atoms with Crippen LogP contribution in [0, 0.1) is 11.3 Å². The Kier molecular flexibility index (Phi) is 5.22. The van der Waals surface area contributed by atoms with E-state index < -0.39 is 0 Å². The lowest BCUT2D eigenvalue weighted by molar-refractivity contribution is 0.0384. The number of rotatable bonds is 5. The molecule has 0 heterocycles. The van der Waals surface area contributed by atoms with Crippen molar-refractivity contribution < 1.29 is 5.11 Å². The van der Waals surface area contributed by atoms with Crippen molar-refractivity contribution in [3.8, 4) is 0 Å². The highest BCUT2D eigenvalue weighted by Crippen LogP contribution is 2.39.